The lowest BCUT2D eigenvalue weighted by Gasteiger charge is -2.33. The molecule has 2 aromatic heterocycles. The van der Waals surface area contributed by atoms with Gasteiger partial charge in [-0.05, 0) is 5.92 Å². The summed E-state index contributed by atoms with van der Waals surface area (Å²) >= 11 is 1.33. The Morgan fingerprint density at radius 3 is 2.70 bits per heavy atom. The summed E-state index contributed by atoms with van der Waals surface area (Å²) in [5, 5.41) is 18.0. The van der Waals surface area contributed by atoms with Crippen LogP contribution in [0.4, 0.5) is 0 Å². The molecule has 0 spiro atoms. The molecular weight excluding hydrogens is 312 g/mol. The quantitative estimate of drug-likeness (QED) is 0.848. The topological polar surface area (TPSA) is 80.0 Å². The van der Waals surface area contributed by atoms with Crippen LogP contribution >= 0.6 is 11.3 Å². The van der Waals surface area contributed by atoms with Crippen LogP contribution in [0.5, 0.6) is 0 Å². The van der Waals surface area contributed by atoms with Gasteiger partial charge in [0.1, 0.15) is 9.88 Å². The van der Waals surface area contributed by atoms with Crippen LogP contribution in [0, 0.1) is 11.3 Å². The number of thiazole rings is 1. The minimum Gasteiger partial charge on any atom is -0.392 e. The predicted octanol–water partition coefficient (Wildman–Crippen LogP) is 2.32. The lowest BCUT2D eigenvalue weighted by molar-refractivity contribution is 0.0138. The molecule has 6 nitrogen and oxygen atoms in total. The van der Waals surface area contributed by atoms with E-state index in [1.807, 2.05) is 40.9 Å². The van der Waals surface area contributed by atoms with Gasteiger partial charge in [0.2, 0.25) is 0 Å². The third kappa shape index (κ3) is 4.17. The first-order valence-electron chi connectivity index (χ1n) is 7.62. The van der Waals surface area contributed by atoms with Crippen molar-refractivity contribution < 1.29 is 9.90 Å². The van der Waals surface area contributed by atoms with Gasteiger partial charge in [-0.2, -0.15) is 5.10 Å². The van der Waals surface area contributed by atoms with Crippen LogP contribution in [0.15, 0.2) is 18.6 Å². The van der Waals surface area contributed by atoms with Crippen molar-refractivity contribution in [2.75, 3.05) is 6.54 Å². The van der Waals surface area contributed by atoms with E-state index in [2.05, 4.69) is 15.4 Å². The van der Waals surface area contributed by atoms with Gasteiger partial charge in [-0.3, -0.25) is 9.48 Å². The van der Waals surface area contributed by atoms with Crippen molar-refractivity contribution in [1.29, 1.82) is 0 Å². The molecule has 7 heteroatoms. The summed E-state index contributed by atoms with van der Waals surface area (Å²) in [6, 6.07) is 0. The summed E-state index contributed by atoms with van der Waals surface area (Å²) in [4.78, 5) is 17.1. The summed E-state index contributed by atoms with van der Waals surface area (Å²) in [5.74, 6) is -0.0239. The standard InChI is InChI=1S/C16H24N4O2S/c1-10(2)13(21)16(3,4)9-18-14(22)12-7-17-15(23-12)11-6-19-20(5)8-11/h6-8,10,13,21H,9H2,1-5H3,(H,18,22). The highest BCUT2D eigenvalue weighted by Crippen LogP contribution is 2.27. The fourth-order valence-corrected chi connectivity index (χ4v) is 3.25. The van der Waals surface area contributed by atoms with Gasteiger partial charge in [-0.25, -0.2) is 4.98 Å². The number of hydrogen-bond acceptors (Lipinski definition) is 5. The van der Waals surface area contributed by atoms with E-state index in [9.17, 15) is 9.90 Å². The van der Waals surface area contributed by atoms with E-state index >= 15 is 0 Å². The van der Waals surface area contributed by atoms with Crippen molar-refractivity contribution in [1.82, 2.24) is 20.1 Å². The van der Waals surface area contributed by atoms with E-state index in [0.717, 1.165) is 10.6 Å². The van der Waals surface area contributed by atoms with Gasteiger partial charge in [-0.1, -0.05) is 27.7 Å². The molecule has 0 fully saturated rings. The third-order valence-corrected chi connectivity index (χ3v) is 4.86. The van der Waals surface area contributed by atoms with E-state index < -0.39 is 6.10 Å². The number of aromatic nitrogens is 3. The Morgan fingerprint density at radius 2 is 2.13 bits per heavy atom. The van der Waals surface area contributed by atoms with E-state index in [1.54, 1.807) is 17.1 Å². The highest BCUT2D eigenvalue weighted by Gasteiger charge is 2.30. The largest absolute Gasteiger partial charge is 0.392 e. The molecule has 2 heterocycles. The monoisotopic (exact) mass is 336 g/mol. The Morgan fingerprint density at radius 1 is 1.43 bits per heavy atom. The smallest absolute Gasteiger partial charge is 0.263 e. The molecule has 0 aliphatic heterocycles. The number of amides is 1. The molecule has 0 saturated heterocycles. The van der Waals surface area contributed by atoms with Crippen LogP contribution in [-0.2, 0) is 7.05 Å². The number of carbonyl (C=O) groups is 1. The first kappa shape index (κ1) is 17.6. The summed E-state index contributed by atoms with van der Waals surface area (Å²) in [6.07, 6.45) is 4.69. The van der Waals surface area contributed by atoms with Crippen molar-refractivity contribution >= 4 is 17.2 Å². The van der Waals surface area contributed by atoms with E-state index in [-0.39, 0.29) is 17.2 Å². The van der Waals surface area contributed by atoms with Gasteiger partial charge < -0.3 is 10.4 Å². The maximum absolute atomic E-state index is 12.3. The molecular formula is C16H24N4O2S. The molecule has 0 saturated carbocycles. The predicted molar refractivity (Wildman–Crippen MR) is 91.3 cm³/mol. The summed E-state index contributed by atoms with van der Waals surface area (Å²) in [5.41, 5.74) is 0.507. The molecule has 0 bridgehead atoms. The van der Waals surface area contributed by atoms with Crippen LogP contribution in [0.25, 0.3) is 10.6 Å². The molecule has 2 N–H and O–H groups in total. The molecule has 0 aromatic carbocycles. The maximum Gasteiger partial charge on any atom is 0.263 e. The Bertz CT molecular complexity index is 675. The number of aryl methyl sites for hydroxylation is 1. The second kappa shape index (κ2) is 6.80. The average molecular weight is 336 g/mol. The number of hydrogen-bond donors (Lipinski definition) is 2. The van der Waals surface area contributed by atoms with Gasteiger partial charge in [0, 0.05) is 30.8 Å². The molecule has 1 amide bonds. The van der Waals surface area contributed by atoms with Gasteiger partial charge in [0.15, 0.2) is 0 Å². The van der Waals surface area contributed by atoms with Crippen LogP contribution in [-0.4, -0.2) is 38.4 Å². The van der Waals surface area contributed by atoms with Crippen LogP contribution < -0.4 is 5.32 Å². The summed E-state index contributed by atoms with van der Waals surface area (Å²) in [7, 11) is 1.84. The Hall–Kier alpha value is -1.73. The average Bonchev–Trinajstić information content (AvgIpc) is 3.12. The van der Waals surface area contributed by atoms with Crippen molar-refractivity contribution in [3.63, 3.8) is 0 Å². The maximum atomic E-state index is 12.3. The van der Waals surface area contributed by atoms with Crippen molar-refractivity contribution in [2.24, 2.45) is 18.4 Å². The molecule has 0 radical (unpaired) electrons. The lowest BCUT2D eigenvalue weighted by Crippen LogP contribution is -2.43. The number of nitrogens with zero attached hydrogens (tertiary/aromatic N) is 3. The highest BCUT2D eigenvalue weighted by molar-refractivity contribution is 7.16. The zero-order valence-corrected chi connectivity index (χ0v) is 15.0. The summed E-state index contributed by atoms with van der Waals surface area (Å²) in [6.45, 7) is 8.25. The second-order valence-corrected chi connectivity index (χ2v) is 7.82. The second-order valence-electron chi connectivity index (χ2n) is 6.79. The minimum atomic E-state index is -0.477. The molecule has 1 unspecified atom stereocenters. The third-order valence-electron chi connectivity index (χ3n) is 3.82. The van der Waals surface area contributed by atoms with Gasteiger partial charge in [0.05, 0.1) is 18.5 Å². The van der Waals surface area contributed by atoms with Crippen molar-refractivity contribution in [2.45, 2.75) is 33.8 Å². The zero-order valence-electron chi connectivity index (χ0n) is 14.2. The number of rotatable bonds is 6. The van der Waals surface area contributed by atoms with Crippen molar-refractivity contribution in [3.8, 4) is 10.6 Å². The SMILES string of the molecule is CC(C)C(O)C(C)(C)CNC(=O)c1cnc(-c2cnn(C)c2)s1. The number of nitrogens with one attached hydrogen (secondary N) is 1. The highest BCUT2D eigenvalue weighted by atomic mass is 32.1. The molecule has 2 rings (SSSR count). The fraction of sp³-hybridized carbons (Fsp3) is 0.562. The van der Waals surface area contributed by atoms with Gasteiger partial charge in [0.25, 0.3) is 5.91 Å². The normalized spacial score (nSPS) is 13.3. The Balaban J connectivity index is 2.00. The Labute approximate surface area is 140 Å². The Kier molecular flexibility index (Phi) is 5.21. The first-order valence-corrected chi connectivity index (χ1v) is 8.43. The minimum absolute atomic E-state index is 0.141. The van der Waals surface area contributed by atoms with E-state index in [4.69, 9.17) is 0 Å². The van der Waals surface area contributed by atoms with Crippen molar-refractivity contribution in [3.05, 3.63) is 23.5 Å². The number of carbonyl (C=O) groups excluding carboxylic acids is 1. The zero-order chi connectivity index (χ0) is 17.2. The number of aliphatic hydroxyl groups excluding tert-OH is 1. The number of aliphatic hydroxyl groups is 1. The lowest BCUT2D eigenvalue weighted by atomic mass is 9.81. The fourth-order valence-electron chi connectivity index (χ4n) is 2.45. The molecule has 0 aliphatic carbocycles. The molecule has 2 aromatic rings. The molecule has 23 heavy (non-hydrogen) atoms. The van der Waals surface area contributed by atoms with Crippen LogP contribution in [0.2, 0.25) is 0 Å². The molecule has 126 valence electrons. The summed E-state index contributed by atoms with van der Waals surface area (Å²) < 4.78 is 1.70. The van der Waals surface area contributed by atoms with Crippen LogP contribution in [0.3, 0.4) is 0 Å². The molecule has 1 atom stereocenters. The van der Waals surface area contributed by atoms with Gasteiger partial charge in [-0.15, -0.1) is 11.3 Å². The van der Waals surface area contributed by atoms with E-state index in [1.165, 1.54) is 11.3 Å². The first-order chi connectivity index (χ1) is 10.7. The molecule has 0 aliphatic rings. The van der Waals surface area contributed by atoms with Crippen LogP contribution in [0.1, 0.15) is 37.4 Å². The van der Waals surface area contributed by atoms with Gasteiger partial charge >= 0.3 is 0 Å². The van der Waals surface area contributed by atoms with E-state index in [0.29, 0.717) is 11.4 Å².